The van der Waals surface area contributed by atoms with Gasteiger partial charge < -0.3 is 10.2 Å². The van der Waals surface area contributed by atoms with Crippen LogP contribution in [0.5, 0.6) is 5.75 Å². The molecule has 8 nitrogen and oxygen atoms in total. The highest BCUT2D eigenvalue weighted by Crippen LogP contribution is 2.27. The van der Waals surface area contributed by atoms with E-state index in [2.05, 4.69) is 0 Å². The number of carbonyl (C=O) groups is 1. The molecule has 0 unspecified atom stereocenters. The summed E-state index contributed by atoms with van der Waals surface area (Å²) in [5, 5.41) is 35.7. The molecule has 9 heteroatoms. The molecule has 21 heavy (non-hydrogen) atoms. The number of aromatic hydroxyl groups is 1. The van der Waals surface area contributed by atoms with Gasteiger partial charge in [-0.3, -0.25) is 0 Å². The minimum atomic E-state index is -4.21. The van der Waals surface area contributed by atoms with Crippen molar-refractivity contribution in [2.75, 3.05) is 13.1 Å². The largest absolute Gasteiger partial charge is 0.507 e. The number of hydrogen-bond donors (Lipinski definition) is 2. The van der Waals surface area contributed by atoms with Gasteiger partial charge in [-0.05, 0) is 24.6 Å². The summed E-state index contributed by atoms with van der Waals surface area (Å²) >= 11 is 0. The van der Waals surface area contributed by atoms with Crippen LogP contribution in [0.2, 0.25) is 0 Å². The van der Waals surface area contributed by atoms with Crippen LogP contribution in [0.15, 0.2) is 17.0 Å². The number of hydrogen-bond acceptors (Lipinski definition) is 6. The zero-order valence-electron chi connectivity index (χ0n) is 10.9. The summed E-state index contributed by atoms with van der Waals surface area (Å²) in [6, 6.07) is 5.07. The predicted octanol–water partition coefficient (Wildman–Crippen LogP) is 0.437. The van der Waals surface area contributed by atoms with Crippen LogP contribution in [0, 0.1) is 29.6 Å². The molecule has 0 spiro atoms. The molecule has 0 saturated heterocycles. The van der Waals surface area contributed by atoms with Crippen molar-refractivity contribution in [1.29, 1.82) is 10.5 Å². The van der Waals surface area contributed by atoms with E-state index < -0.39 is 40.4 Å². The first-order valence-electron chi connectivity index (χ1n) is 5.56. The number of benzene rings is 1. The summed E-state index contributed by atoms with van der Waals surface area (Å²) in [6.45, 7) is 0.284. The Labute approximate surface area is 121 Å². The number of aryl methyl sites for hydroxylation is 1. The SMILES string of the molecule is Cc1cc(O)c(C(=O)O)cc1S(=O)(=O)N(CC#N)CC#N. The van der Waals surface area contributed by atoms with Gasteiger partial charge in [0.1, 0.15) is 24.4 Å². The Hall–Kier alpha value is -2.62. The topological polar surface area (TPSA) is 142 Å². The number of sulfonamides is 1. The standard InChI is InChI=1S/C12H11N3O5S/c1-8-6-10(16)9(12(17)18)7-11(8)21(19,20)15(4-2-13)5-3-14/h6-7,16H,4-5H2,1H3,(H,17,18). The van der Waals surface area contributed by atoms with E-state index in [4.69, 9.17) is 15.6 Å². The lowest BCUT2D eigenvalue weighted by Crippen LogP contribution is -2.32. The summed E-state index contributed by atoms with van der Waals surface area (Å²) in [6.07, 6.45) is 0. The Kier molecular flexibility index (Phi) is 4.87. The summed E-state index contributed by atoms with van der Waals surface area (Å²) in [5.41, 5.74) is -0.466. The van der Waals surface area contributed by atoms with Gasteiger partial charge in [0.25, 0.3) is 0 Å². The first kappa shape index (κ1) is 16.4. The zero-order chi connectivity index (χ0) is 16.2. The Morgan fingerprint density at radius 3 is 2.24 bits per heavy atom. The van der Waals surface area contributed by atoms with E-state index in [1.54, 1.807) is 12.1 Å². The number of rotatable bonds is 5. The average Bonchev–Trinajstić information content (AvgIpc) is 2.37. The van der Waals surface area contributed by atoms with Crippen LogP contribution in [0.4, 0.5) is 0 Å². The summed E-state index contributed by atoms with van der Waals surface area (Å²) in [4.78, 5) is 10.6. The van der Waals surface area contributed by atoms with Crippen molar-refractivity contribution >= 4 is 16.0 Å². The van der Waals surface area contributed by atoms with Crippen LogP contribution in [0.25, 0.3) is 0 Å². The molecule has 1 aromatic rings. The number of carboxylic acid groups (broad SMARTS) is 1. The van der Waals surface area contributed by atoms with Gasteiger partial charge in [-0.25, -0.2) is 13.2 Å². The van der Waals surface area contributed by atoms with Crippen LogP contribution in [0.1, 0.15) is 15.9 Å². The molecule has 0 fully saturated rings. The maximum Gasteiger partial charge on any atom is 0.339 e. The molecule has 2 N–H and O–H groups in total. The smallest absolute Gasteiger partial charge is 0.339 e. The molecule has 0 aliphatic rings. The van der Waals surface area contributed by atoms with Crippen molar-refractivity contribution in [2.24, 2.45) is 0 Å². The molecule has 0 aliphatic carbocycles. The van der Waals surface area contributed by atoms with Crippen molar-refractivity contribution < 1.29 is 23.4 Å². The molecule has 0 aromatic heterocycles. The highest BCUT2D eigenvalue weighted by Gasteiger charge is 2.28. The number of aromatic carboxylic acids is 1. The first-order chi connectivity index (χ1) is 9.75. The van der Waals surface area contributed by atoms with Crippen LogP contribution in [-0.2, 0) is 10.0 Å². The van der Waals surface area contributed by atoms with Crippen molar-refractivity contribution in [3.05, 3.63) is 23.3 Å². The van der Waals surface area contributed by atoms with Crippen LogP contribution in [0.3, 0.4) is 0 Å². The Balaban J connectivity index is 3.51. The summed E-state index contributed by atoms with van der Waals surface area (Å²) < 4.78 is 25.4. The van der Waals surface area contributed by atoms with Gasteiger partial charge in [0.05, 0.1) is 17.0 Å². The quantitative estimate of drug-likeness (QED) is 0.751. The average molecular weight is 309 g/mol. The highest BCUT2D eigenvalue weighted by molar-refractivity contribution is 7.89. The summed E-state index contributed by atoms with van der Waals surface area (Å²) in [7, 11) is -4.21. The van der Waals surface area contributed by atoms with Crippen molar-refractivity contribution in [2.45, 2.75) is 11.8 Å². The number of phenols is 1. The molecule has 0 amide bonds. The Morgan fingerprint density at radius 1 is 1.29 bits per heavy atom. The van der Waals surface area contributed by atoms with E-state index in [-0.39, 0.29) is 10.5 Å². The van der Waals surface area contributed by atoms with E-state index in [1.807, 2.05) is 0 Å². The normalized spacial score (nSPS) is 10.9. The fourth-order valence-corrected chi connectivity index (χ4v) is 3.11. The third-order valence-electron chi connectivity index (χ3n) is 2.64. The third kappa shape index (κ3) is 3.28. The minimum Gasteiger partial charge on any atom is -0.507 e. The lowest BCUT2D eigenvalue weighted by Gasteiger charge is -2.18. The van der Waals surface area contributed by atoms with E-state index >= 15 is 0 Å². The number of nitrogens with zero attached hydrogens (tertiary/aromatic N) is 3. The fourth-order valence-electron chi connectivity index (χ4n) is 1.64. The van der Waals surface area contributed by atoms with Crippen LogP contribution >= 0.6 is 0 Å². The molecule has 0 atom stereocenters. The monoisotopic (exact) mass is 309 g/mol. The Morgan fingerprint density at radius 2 is 1.81 bits per heavy atom. The van der Waals surface area contributed by atoms with E-state index in [0.29, 0.717) is 4.31 Å². The lowest BCUT2D eigenvalue weighted by atomic mass is 10.1. The highest BCUT2D eigenvalue weighted by atomic mass is 32.2. The van der Waals surface area contributed by atoms with Gasteiger partial charge in [-0.1, -0.05) is 0 Å². The molecule has 1 aromatic carbocycles. The van der Waals surface area contributed by atoms with Crippen LogP contribution in [-0.4, -0.2) is 42.0 Å². The molecule has 0 heterocycles. The second-order valence-corrected chi connectivity index (χ2v) is 5.94. The van der Waals surface area contributed by atoms with Gasteiger partial charge in [0, 0.05) is 0 Å². The van der Waals surface area contributed by atoms with E-state index in [1.165, 1.54) is 6.92 Å². The van der Waals surface area contributed by atoms with Crippen LogP contribution < -0.4 is 0 Å². The summed E-state index contributed by atoms with van der Waals surface area (Å²) in [5.74, 6) is -2.05. The Bertz CT molecular complexity index is 742. The number of carboxylic acids is 1. The molecular weight excluding hydrogens is 298 g/mol. The maximum atomic E-state index is 12.4. The molecule has 0 radical (unpaired) electrons. The molecule has 0 saturated carbocycles. The molecule has 110 valence electrons. The van der Waals surface area contributed by atoms with Gasteiger partial charge in [-0.2, -0.15) is 14.8 Å². The lowest BCUT2D eigenvalue weighted by molar-refractivity contribution is 0.0693. The third-order valence-corrected chi connectivity index (χ3v) is 4.57. The van der Waals surface area contributed by atoms with E-state index in [0.717, 1.165) is 12.1 Å². The number of nitriles is 2. The van der Waals surface area contributed by atoms with Gasteiger partial charge in [0.15, 0.2) is 0 Å². The molecule has 0 aliphatic heterocycles. The van der Waals surface area contributed by atoms with E-state index in [9.17, 15) is 18.3 Å². The second kappa shape index (κ2) is 6.22. The molecule has 0 bridgehead atoms. The predicted molar refractivity (Wildman–Crippen MR) is 69.8 cm³/mol. The van der Waals surface area contributed by atoms with Gasteiger partial charge >= 0.3 is 5.97 Å². The van der Waals surface area contributed by atoms with Gasteiger partial charge in [-0.15, -0.1) is 0 Å². The fraction of sp³-hybridized carbons (Fsp3) is 0.250. The van der Waals surface area contributed by atoms with Gasteiger partial charge in [0.2, 0.25) is 10.0 Å². The molecular formula is C12H11N3O5S. The molecule has 1 rings (SSSR count). The second-order valence-electron chi connectivity index (χ2n) is 4.03. The van der Waals surface area contributed by atoms with Crippen molar-refractivity contribution in [1.82, 2.24) is 4.31 Å². The minimum absolute atomic E-state index is 0.110. The maximum absolute atomic E-state index is 12.4. The first-order valence-corrected chi connectivity index (χ1v) is 7.00. The van der Waals surface area contributed by atoms with Crippen molar-refractivity contribution in [3.63, 3.8) is 0 Å². The van der Waals surface area contributed by atoms with Crippen molar-refractivity contribution in [3.8, 4) is 17.9 Å². The zero-order valence-corrected chi connectivity index (χ0v) is 11.8.